The highest BCUT2D eigenvalue weighted by Gasteiger charge is 2.24. The van der Waals surface area contributed by atoms with E-state index in [0.717, 1.165) is 34.2 Å². The van der Waals surface area contributed by atoms with Crippen LogP contribution in [0.1, 0.15) is 60.2 Å². The molecule has 1 saturated heterocycles. The largest absolute Gasteiger partial charge is 0.444 e. The number of carbonyl (C=O) groups excluding carboxylic acids is 3. The van der Waals surface area contributed by atoms with Gasteiger partial charge in [-0.3, -0.25) is 14.7 Å². The van der Waals surface area contributed by atoms with Crippen molar-refractivity contribution in [3.63, 3.8) is 0 Å². The van der Waals surface area contributed by atoms with Crippen molar-refractivity contribution in [2.24, 2.45) is 0 Å². The molecule has 1 aliphatic heterocycles. The summed E-state index contributed by atoms with van der Waals surface area (Å²) in [4.78, 5) is 52.5. The van der Waals surface area contributed by atoms with Crippen molar-refractivity contribution in [2.75, 3.05) is 46.4 Å². The number of thiazole rings is 2. The molecule has 12 nitrogen and oxygen atoms in total. The molecule has 1 aliphatic rings. The van der Waals surface area contributed by atoms with Gasteiger partial charge in [-0.15, -0.1) is 22.7 Å². The van der Waals surface area contributed by atoms with Crippen LogP contribution in [-0.4, -0.2) is 96.3 Å². The zero-order chi connectivity index (χ0) is 33.4. The standard InChI is InChI=1S/C33H47N7O5S2/c1-24(2)31-36-27(22-46-31)20-39(3)32(42)38-29(11-13-40-14-16-44-17-15-40)30(41)35-12-7-10-26(18-25-8-5-4-6-9-25)37-33(43)45-21-28-19-34-23-47-28/h4-6,8-9,19,22-24,26,29H,7,10-18,20-21H2,1-3H3,(H,35,41)(H,37,43)(H,38,42)/t26-,29+/m1/s1. The maximum absolute atomic E-state index is 13.4. The van der Waals surface area contributed by atoms with Gasteiger partial charge >= 0.3 is 12.1 Å². The van der Waals surface area contributed by atoms with Crippen LogP contribution in [0.4, 0.5) is 9.59 Å². The van der Waals surface area contributed by atoms with Gasteiger partial charge in [0.15, 0.2) is 0 Å². The van der Waals surface area contributed by atoms with Crippen LogP contribution in [0.5, 0.6) is 0 Å². The van der Waals surface area contributed by atoms with Gasteiger partial charge in [0.2, 0.25) is 5.91 Å². The minimum Gasteiger partial charge on any atom is -0.444 e. The summed E-state index contributed by atoms with van der Waals surface area (Å²) in [6.07, 6.45) is 3.56. The summed E-state index contributed by atoms with van der Waals surface area (Å²) in [6, 6.07) is 8.73. The monoisotopic (exact) mass is 685 g/mol. The van der Waals surface area contributed by atoms with Crippen molar-refractivity contribution in [3.05, 3.63) is 68.6 Å². The summed E-state index contributed by atoms with van der Waals surface area (Å²) < 4.78 is 10.9. The summed E-state index contributed by atoms with van der Waals surface area (Å²) in [6.45, 7) is 8.70. The van der Waals surface area contributed by atoms with E-state index in [9.17, 15) is 14.4 Å². The molecule has 4 rings (SSSR count). The number of nitrogens with one attached hydrogen (secondary N) is 3. The van der Waals surface area contributed by atoms with E-state index < -0.39 is 12.1 Å². The van der Waals surface area contributed by atoms with Crippen molar-refractivity contribution in [3.8, 4) is 0 Å². The maximum atomic E-state index is 13.4. The molecule has 3 heterocycles. The van der Waals surface area contributed by atoms with Crippen LogP contribution in [0, 0.1) is 0 Å². The summed E-state index contributed by atoms with van der Waals surface area (Å²) in [5.74, 6) is 0.0980. The lowest BCUT2D eigenvalue weighted by molar-refractivity contribution is -0.123. The molecule has 1 aromatic carbocycles. The molecule has 0 spiro atoms. The van der Waals surface area contributed by atoms with E-state index >= 15 is 0 Å². The Morgan fingerprint density at radius 1 is 1.09 bits per heavy atom. The first-order valence-corrected chi connectivity index (χ1v) is 17.9. The van der Waals surface area contributed by atoms with Gasteiger partial charge in [-0.1, -0.05) is 44.2 Å². The van der Waals surface area contributed by atoms with Gasteiger partial charge in [-0.25, -0.2) is 14.6 Å². The number of aromatic nitrogens is 2. The van der Waals surface area contributed by atoms with E-state index in [1.54, 1.807) is 35.0 Å². The van der Waals surface area contributed by atoms with Crippen LogP contribution in [0.15, 0.2) is 47.4 Å². The Labute approximate surface area is 285 Å². The van der Waals surface area contributed by atoms with Crippen molar-refractivity contribution in [1.82, 2.24) is 35.7 Å². The zero-order valence-corrected chi connectivity index (χ0v) is 29.1. The second kappa shape index (κ2) is 19.3. The van der Waals surface area contributed by atoms with Crippen molar-refractivity contribution < 1.29 is 23.9 Å². The number of carbonyl (C=O) groups is 3. The smallest absolute Gasteiger partial charge is 0.407 e. The van der Waals surface area contributed by atoms with Gasteiger partial charge in [-0.2, -0.15) is 0 Å². The van der Waals surface area contributed by atoms with Crippen LogP contribution in [0.25, 0.3) is 0 Å². The summed E-state index contributed by atoms with van der Waals surface area (Å²) in [5.41, 5.74) is 3.62. The fourth-order valence-corrected chi connectivity index (χ4v) is 6.44. The first kappa shape index (κ1) is 36.2. The molecule has 0 radical (unpaired) electrons. The third-order valence-electron chi connectivity index (χ3n) is 7.77. The van der Waals surface area contributed by atoms with Gasteiger partial charge in [0, 0.05) is 56.8 Å². The van der Waals surface area contributed by atoms with Gasteiger partial charge < -0.3 is 30.3 Å². The molecule has 256 valence electrons. The third kappa shape index (κ3) is 12.9. The Kier molecular flexibility index (Phi) is 14.9. The molecule has 14 heteroatoms. The highest BCUT2D eigenvalue weighted by molar-refractivity contribution is 7.09. The van der Waals surface area contributed by atoms with Crippen molar-refractivity contribution in [1.29, 1.82) is 0 Å². The van der Waals surface area contributed by atoms with Gasteiger partial charge in [0.05, 0.1) is 40.8 Å². The second-order valence-electron chi connectivity index (χ2n) is 11.9. The number of rotatable bonds is 17. The molecule has 0 saturated carbocycles. The zero-order valence-electron chi connectivity index (χ0n) is 27.5. The third-order valence-corrected chi connectivity index (χ3v) is 9.71. The number of ether oxygens (including phenoxy) is 2. The Morgan fingerprint density at radius 2 is 1.87 bits per heavy atom. The molecule has 3 N–H and O–H groups in total. The van der Waals surface area contributed by atoms with Gasteiger partial charge in [-0.05, 0) is 31.2 Å². The predicted molar refractivity (Wildman–Crippen MR) is 183 cm³/mol. The summed E-state index contributed by atoms with van der Waals surface area (Å²) in [7, 11) is 1.71. The molecular formula is C33H47N7O5S2. The second-order valence-corrected chi connectivity index (χ2v) is 13.8. The summed E-state index contributed by atoms with van der Waals surface area (Å²) in [5, 5.41) is 12.0. The van der Waals surface area contributed by atoms with E-state index in [-0.39, 0.29) is 24.6 Å². The van der Waals surface area contributed by atoms with Crippen LogP contribution in [0.3, 0.4) is 0 Å². The first-order valence-electron chi connectivity index (χ1n) is 16.1. The van der Waals surface area contributed by atoms with Crippen molar-refractivity contribution >= 4 is 40.7 Å². The molecule has 3 aromatic rings. The molecule has 2 atom stereocenters. The molecule has 2 aromatic heterocycles. The normalized spacial score (nSPS) is 14.7. The lowest BCUT2D eigenvalue weighted by Crippen LogP contribution is -2.52. The molecule has 4 amide bonds. The average molecular weight is 686 g/mol. The predicted octanol–water partition coefficient (Wildman–Crippen LogP) is 4.39. The fourth-order valence-electron chi connectivity index (χ4n) is 5.11. The molecule has 0 aliphatic carbocycles. The molecular weight excluding hydrogens is 639 g/mol. The number of urea groups is 1. The van der Waals surface area contributed by atoms with E-state index in [1.165, 1.54) is 11.3 Å². The van der Waals surface area contributed by atoms with E-state index in [0.29, 0.717) is 64.4 Å². The molecule has 0 bridgehead atoms. The Hall–Kier alpha value is -3.59. The Bertz CT molecular complexity index is 1370. The average Bonchev–Trinajstić information content (AvgIpc) is 3.77. The van der Waals surface area contributed by atoms with Crippen LogP contribution < -0.4 is 16.0 Å². The quantitative estimate of drug-likeness (QED) is 0.178. The maximum Gasteiger partial charge on any atom is 0.407 e. The van der Waals surface area contributed by atoms with Gasteiger partial charge in [0.1, 0.15) is 12.6 Å². The highest BCUT2D eigenvalue weighted by Crippen LogP contribution is 2.20. The molecule has 1 fully saturated rings. The number of amides is 4. The van der Waals surface area contributed by atoms with Crippen LogP contribution in [0.2, 0.25) is 0 Å². The number of nitrogens with zero attached hydrogens (tertiary/aromatic N) is 4. The van der Waals surface area contributed by atoms with E-state index in [1.807, 2.05) is 35.7 Å². The molecule has 0 unspecified atom stereocenters. The molecule has 47 heavy (non-hydrogen) atoms. The summed E-state index contributed by atoms with van der Waals surface area (Å²) >= 11 is 3.02. The Morgan fingerprint density at radius 3 is 2.57 bits per heavy atom. The van der Waals surface area contributed by atoms with E-state index in [2.05, 4.69) is 44.7 Å². The number of alkyl carbamates (subject to hydrolysis) is 1. The lowest BCUT2D eigenvalue weighted by atomic mass is 10.0. The Balaban J connectivity index is 1.29. The number of hydrogen-bond donors (Lipinski definition) is 3. The number of benzene rings is 1. The minimum absolute atomic E-state index is 0.167. The van der Waals surface area contributed by atoms with Crippen LogP contribution >= 0.6 is 22.7 Å². The number of hydrogen-bond acceptors (Lipinski definition) is 10. The fraction of sp³-hybridized carbons (Fsp3) is 0.545. The lowest BCUT2D eigenvalue weighted by Gasteiger charge is -2.29. The van der Waals surface area contributed by atoms with Crippen molar-refractivity contribution in [2.45, 2.75) is 70.7 Å². The highest BCUT2D eigenvalue weighted by atomic mass is 32.1. The number of morpholine rings is 1. The van der Waals surface area contributed by atoms with E-state index in [4.69, 9.17) is 9.47 Å². The SMILES string of the molecule is CC(C)c1nc(CN(C)C(=O)N[C@@H](CCN2CCOCC2)C(=O)NCCC[C@H](Cc2ccccc2)NC(=O)OCc2cncs2)cs1. The minimum atomic E-state index is -0.700. The first-order chi connectivity index (χ1) is 22.8. The van der Waals surface area contributed by atoms with Gasteiger partial charge in [0.25, 0.3) is 0 Å². The topological polar surface area (TPSA) is 138 Å². The van der Waals surface area contributed by atoms with Crippen LogP contribution in [-0.2, 0) is 33.8 Å².